The largest absolute Gasteiger partial charge is 0.455 e. The Morgan fingerprint density at radius 2 is 2.06 bits per heavy atom. The SMILES string of the molecule is CCNc1cncc(Oc2ccccc2C)c1. The summed E-state index contributed by atoms with van der Waals surface area (Å²) in [5.41, 5.74) is 2.08. The lowest BCUT2D eigenvalue weighted by Gasteiger charge is -2.09. The minimum Gasteiger partial charge on any atom is -0.455 e. The molecule has 88 valence electrons. The Labute approximate surface area is 101 Å². The minimum absolute atomic E-state index is 0.748. The van der Waals surface area contributed by atoms with Gasteiger partial charge < -0.3 is 10.1 Å². The van der Waals surface area contributed by atoms with Crippen molar-refractivity contribution in [2.75, 3.05) is 11.9 Å². The number of aryl methyl sites for hydroxylation is 1. The van der Waals surface area contributed by atoms with E-state index in [9.17, 15) is 0 Å². The number of aromatic nitrogens is 1. The molecule has 3 nitrogen and oxygen atoms in total. The quantitative estimate of drug-likeness (QED) is 0.868. The maximum absolute atomic E-state index is 5.79. The van der Waals surface area contributed by atoms with Crippen molar-refractivity contribution in [2.45, 2.75) is 13.8 Å². The number of nitrogens with one attached hydrogen (secondary N) is 1. The number of pyridine rings is 1. The van der Waals surface area contributed by atoms with Gasteiger partial charge in [-0.05, 0) is 25.5 Å². The monoisotopic (exact) mass is 228 g/mol. The van der Waals surface area contributed by atoms with Gasteiger partial charge in [-0.1, -0.05) is 18.2 Å². The highest BCUT2D eigenvalue weighted by Crippen LogP contribution is 2.25. The summed E-state index contributed by atoms with van der Waals surface area (Å²) in [6.45, 7) is 4.95. The number of nitrogens with zero attached hydrogens (tertiary/aromatic N) is 1. The van der Waals surface area contributed by atoms with Crippen LogP contribution in [0.15, 0.2) is 42.7 Å². The van der Waals surface area contributed by atoms with Crippen molar-refractivity contribution in [1.82, 2.24) is 4.98 Å². The third-order valence-electron chi connectivity index (χ3n) is 2.42. The molecule has 0 aliphatic carbocycles. The Bertz CT molecular complexity index is 497. The fourth-order valence-electron chi connectivity index (χ4n) is 1.57. The topological polar surface area (TPSA) is 34.2 Å². The first-order valence-electron chi connectivity index (χ1n) is 5.72. The van der Waals surface area contributed by atoms with E-state index >= 15 is 0 Å². The second-order valence-corrected chi connectivity index (χ2v) is 3.81. The number of ether oxygens (including phenoxy) is 1. The molecule has 0 saturated heterocycles. The van der Waals surface area contributed by atoms with Gasteiger partial charge in [0.1, 0.15) is 11.5 Å². The van der Waals surface area contributed by atoms with E-state index in [2.05, 4.69) is 17.2 Å². The molecule has 0 aliphatic heterocycles. The predicted molar refractivity (Wildman–Crippen MR) is 69.7 cm³/mol. The van der Waals surface area contributed by atoms with E-state index < -0.39 is 0 Å². The van der Waals surface area contributed by atoms with E-state index in [0.717, 1.165) is 29.3 Å². The Hall–Kier alpha value is -2.03. The van der Waals surface area contributed by atoms with Crippen molar-refractivity contribution < 1.29 is 4.74 Å². The van der Waals surface area contributed by atoms with Gasteiger partial charge in [0.25, 0.3) is 0 Å². The molecule has 0 bridgehead atoms. The summed E-state index contributed by atoms with van der Waals surface area (Å²) >= 11 is 0. The van der Waals surface area contributed by atoms with Crippen molar-refractivity contribution in [1.29, 1.82) is 0 Å². The smallest absolute Gasteiger partial charge is 0.147 e. The van der Waals surface area contributed by atoms with Gasteiger partial charge in [-0.3, -0.25) is 4.98 Å². The Morgan fingerprint density at radius 3 is 2.82 bits per heavy atom. The highest BCUT2D eigenvalue weighted by molar-refractivity contribution is 5.46. The summed E-state index contributed by atoms with van der Waals surface area (Å²) in [5.74, 6) is 1.61. The molecule has 1 N–H and O–H groups in total. The molecule has 1 aromatic heterocycles. The molecular formula is C14H16N2O. The number of hydrogen-bond acceptors (Lipinski definition) is 3. The number of rotatable bonds is 4. The molecule has 0 saturated carbocycles. The van der Waals surface area contributed by atoms with E-state index in [0.29, 0.717) is 0 Å². The van der Waals surface area contributed by atoms with Crippen molar-refractivity contribution in [2.24, 2.45) is 0 Å². The summed E-state index contributed by atoms with van der Waals surface area (Å²) in [4.78, 5) is 4.14. The standard InChI is InChI=1S/C14H16N2O/c1-3-16-12-8-13(10-15-9-12)17-14-7-5-4-6-11(14)2/h4-10,16H,3H2,1-2H3. The van der Waals surface area contributed by atoms with E-state index in [4.69, 9.17) is 4.74 Å². The third kappa shape index (κ3) is 2.97. The Balaban J connectivity index is 2.18. The second-order valence-electron chi connectivity index (χ2n) is 3.81. The summed E-state index contributed by atoms with van der Waals surface area (Å²) in [7, 11) is 0. The van der Waals surface area contributed by atoms with Crippen LogP contribution in [0.3, 0.4) is 0 Å². The zero-order valence-corrected chi connectivity index (χ0v) is 10.1. The molecule has 3 heteroatoms. The zero-order chi connectivity index (χ0) is 12.1. The van der Waals surface area contributed by atoms with E-state index in [1.54, 1.807) is 12.4 Å². The minimum atomic E-state index is 0.748. The average molecular weight is 228 g/mol. The van der Waals surface area contributed by atoms with Crippen LogP contribution in [0.1, 0.15) is 12.5 Å². The Morgan fingerprint density at radius 1 is 1.24 bits per heavy atom. The summed E-state index contributed by atoms with van der Waals surface area (Å²) < 4.78 is 5.79. The van der Waals surface area contributed by atoms with Crippen molar-refractivity contribution >= 4 is 5.69 Å². The van der Waals surface area contributed by atoms with Crippen molar-refractivity contribution in [3.63, 3.8) is 0 Å². The molecule has 0 radical (unpaired) electrons. The molecule has 0 atom stereocenters. The summed E-state index contributed by atoms with van der Waals surface area (Å²) in [6, 6.07) is 9.88. The first kappa shape index (κ1) is 11.5. The first-order valence-corrected chi connectivity index (χ1v) is 5.72. The predicted octanol–water partition coefficient (Wildman–Crippen LogP) is 3.61. The molecule has 0 fully saturated rings. The summed E-state index contributed by atoms with van der Waals surface area (Å²) in [5, 5.41) is 3.21. The maximum atomic E-state index is 5.79. The van der Waals surface area contributed by atoms with Crippen LogP contribution in [0.4, 0.5) is 5.69 Å². The molecule has 2 aromatic rings. The third-order valence-corrected chi connectivity index (χ3v) is 2.42. The van der Waals surface area contributed by atoms with Gasteiger partial charge in [-0.15, -0.1) is 0 Å². The van der Waals surface area contributed by atoms with Gasteiger partial charge >= 0.3 is 0 Å². The van der Waals surface area contributed by atoms with Crippen molar-refractivity contribution in [3.05, 3.63) is 48.3 Å². The lowest BCUT2D eigenvalue weighted by Crippen LogP contribution is -1.97. The number of para-hydroxylation sites is 1. The lowest BCUT2D eigenvalue weighted by atomic mass is 10.2. The van der Waals surface area contributed by atoms with Crippen LogP contribution >= 0.6 is 0 Å². The van der Waals surface area contributed by atoms with Crippen LogP contribution in [-0.4, -0.2) is 11.5 Å². The van der Waals surface area contributed by atoms with Gasteiger partial charge in [0, 0.05) is 12.6 Å². The molecule has 1 heterocycles. The molecular weight excluding hydrogens is 212 g/mol. The lowest BCUT2D eigenvalue weighted by molar-refractivity contribution is 0.477. The zero-order valence-electron chi connectivity index (χ0n) is 10.1. The van der Waals surface area contributed by atoms with Gasteiger partial charge in [0.15, 0.2) is 0 Å². The number of hydrogen-bond donors (Lipinski definition) is 1. The molecule has 2 rings (SSSR count). The van der Waals surface area contributed by atoms with Crippen LogP contribution in [0.2, 0.25) is 0 Å². The number of anilines is 1. The highest BCUT2D eigenvalue weighted by atomic mass is 16.5. The summed E-state index contributed by atoms with van der Waals surface area (Å²) in [6.07, 6.45) is 3.50. The number of benzene rings is 1. The van der Waals surface area contributed by atoms with Crippen molar-refractivity contribution in [3.8, 4) is 11.5 Å². The fraction of sp³-hybridized carbons (Fsp3) is 0.214. The van der Waals surface area contributed by atoms with Crippen LogP contribution < -0.4 is 10.1 Å². The molecule has 0 aliphatic rings. The van der Waals surface area contributed by atoms with E-state index in [1.165, 1.54) is 0 Å². The van der Waals surface area contributed by atoms with E-state index in [-0.39, 0.29) is 0 Å². The molecule has 0 unspecified atom stereocenters. The van der Waals surface area contributed by atoms with Crippen LogP contribution in [0.5, 0.6) is 11.5 Å². The maximum Gasteiger partial charge on any atom is 0.147 e. The average Bonchev–Trinajstić information content (AvgIpc) is 2.33. The van der Waals surface area contributed by atoms with Crippen LogP contribution in [0.25, 0.3) is 0 Å². The fourth-order valence-corrected chi connectivity index (χ4v) is 1.57. The van der Waals surface area contributed by atoms with Gasteiger partial charge in [-0.2, -0.15) is 0 Å². The van der Waals surface area contributed by atoms with Gasteiger partial charge in [-0.25, -0.2) is 0 Å². The highest BCUT2D eigenvalue weighted by Gasteiger charge is 2.01. The molecule has 1 aromatic carbocycles. The molecule has 17 heavy (non-hydrogen) atoms. The Kier molecular flexibility index (Phi) is 3.60. The van der Waals surface area contributed by atoms with E-state index in [1.807, 2.05) is 37.3 Å². The van der Waals surface area contributed by atoms with Gasteiger partial charge in [0.05, 0.1) is 18.1 Å². The second kappa shape index (κ2) is 5.34. The van der Waals surface area contributed by atoms with Gasteiger partial charge in [0.2, 0.25) is 0 Å². The molecule has 0 spiro atoms. The van der Waals surface area contributed by atoms with Crippen LogP contribution in [0, 0.1) is 6.92 Å². The van der Waals surface area contributed by atoms with Crippen LogP contribution in [-0.2, 0) is 0 Å². The normalized spacial score (nSPS) is 10.0. The first-order chi connectivity index (χ1) is 8.29. The molecule has 0 amide bonds.